The normalized spacial score (nSPS) is 12.7. The quantitative estimate of drug-likeness (QED) is 0.765. The summed E-state index contributed by atoms with van der Waals surface area (Å²) in [6.45, 7) is 7.35. The number of aromatic nitrogens is 2. The largest absolute Gasteiger partial charge is 0.308 e. The van der Waals surface area contributed by atoms with Gasteiger partial charge in [-0.15, -0.1) is 0 Å². The molecule has 0 fully saturated rings. The Morgan fingerprint density at radius 2 is 1.86 bits per heavy atom. The van der Waals surface area contributed by atoms with Crippen molar-refractivity contribution in [2.24, 2.45) is 0 Å². The molecule has 0 aliphatic carbocycles. The number of nitrogens with zero attached hydrogens (tertiary/aromatic N) is 2. The molecular formula is C16H21Br2N3. The van der Waals surface area contributed by atoms with E-state index in [-0.39, 0.29) is 6.04 Å². The van der Waals surface area contributed by atoms with Crippen molar-refractivity contribution in [3.63, 3.8) is 0 Å². The van der Waals surface area contributed by atoms with Crippen LogP contribution in [0.25, 0.3) is 0 Å². The van der Waals surface area contributed by atoms with Gasteiger partial charge in [-0.3, -0.25) is 4.68 Å². The van der Waals surface area contributed by atoms with Gasteiger partial charge in [-0.25, -0.2) is 0 Å². The molecule has 2 aromatic rings. The van der Waals surface area contributed by atoms with Crippen LogP contribution in [0.4, 0.5) is 0 Å². The molecule has 0 bridgehead atoms. The molecule has 3 nitrogen and oxygen atoms in total. The Hall–Kier alpha value is -0.650. The molecule has 0 saturated heterocycles. The van der Waals surface area contributed by atoms with Crippen molar-refractivity contribution in [3.8, 4) is 0 Å². The van der Waals surface area contributed by atoms with Crippen molar-refractivity contribution in [2.75, 3.05) is 7.05 Å². The fourth-order valence-corrected chi connectivity index (χ4v) is 3.41. The lowest BCUT2D eigenvalue weighted by Crippen LogP contribution is -2.22. The molecule has 114 valence electrons. The van der Waals surface area contributed by atoms with Gasteiger partial charge in [-0.1, -0.05) is 35.0 Å². The topological polar surface area (TPSA) is 29.9 Å². The highest BCUT2D eigenvalue weighted by molar-refractivity contribution is 9.10. The van der Waals surface area contributed by atoms with E-state index >= 15 is 0 Å². The molecule has 1 unspecified atom stereocenters. The van der Waals surface area contributed by atoms with E-state index in [9.17, 15) is 0 Å². The highest BCUT2D eigenvalue weighted by Crippen LogP contribution is 2.32. The summed E-state index contributed by atoms with van der Waals surface area (Å²) >= 11 is 7.28. The molecule has 0 saturated carbocycles. The second-order valence-electron chi connectivity index (χ2n) is 5.29. The zero-order valence-electron chi connectivity index (χ0n) is 12.9. The lowest BCUT2D eigenvalue weighted by atomic mass is 9.99. The van der Waals surface area contributed by atoms with E-state index in [4.69, 9.17) is 0 Å². The molecule has 0 amide bonds. The minimum absolute atomic E-state index is 0.124. The van der Waals surface area contributed by atoms with Crippen molar-refractivity contribution >= 4 is 31.9 Å². The molecular weight excluding hydrogens is 394 g/mol. The Morgan fingerprint density at radius 1 is 1.24 bits per heavy atom. The van der Waals surface area contributed by atoms with Crippen LogP contribution in [0.2, 0.25) is 0 Å². The highest BCUT2D eigenvalue weighted by atomic mass is 79.9. The van der Waals surface area contributed by atoms with Crippen LogP contribution in [0.15, 0.2) is 27.3 Å². The third-order valence-electron chi connectivity index (χ3n) is 3.62. The minimum Gasteiger partial charge on any atom is -0.308 e. The molecule has 0 spiro atoms. The first kappa shape index (κ1) is 16.7. The van der Waals surface area contributed by atoms with Gasteiger partial charge < -0.3 is 5.32 Å². The van der Waals surface area contributed by atoms with Crippen LogP contribution >= 0.6 is 31.9 Å². The number of halogens is 2. The molecule has 1 heterocycles. The van der Waals surface area contributed by atoms with Crippen LogP contribution in [0, 0.1) is 13.8 Å². The van der Waals surface area contributed by atoms with Crippen LogP contribution in [0.1, 0.15) is 41.8 Å². The Labute approximate surface area is 143 Å². The van der Waals surface area contributed by atoms with Gasteiger partial charge >= 0.3 is 0 Å². The number of hydrogen-bond acceptors (Lipinski definition) is 2. The second-order valence-corrected chi connectivity index (χ2v) is 6.94. The van der Waals surface area contributed by atoms with Crippen LogP contribution in [-0.2, 0) is 6.54 Å². The van der Waals surface area contributed by atoms with Crippen molar-refractivity contribution in [3.05, 3.63) is 49.7 Å². The van der Waals surface area contributed by atoms with Gasteiger partial charge in [0.15, 0.2) is 0 Å². The average molecular weight is 415 g/mol. The lowest BCUT2D eigenvalue weighted by molar-refractivity contribution is 0.533. The summed E-state index contributed by atoms with van der Waals surface area (Å²) in [5.74, 6) is 0. The first-order valence-corrected chi connectivity index (χ1v) is 8.73. The third-order valence-corrected chi connectivity index (χ3v) is 5.48. The van der Waals surface area contributed by atoms with E-state index in [1.807, 2.05) is 13.2 Å². The van der Waals surface area contributed by atoms with Gasteiger partial charge in [0, 0.05) is 11.0 Å². The van der Waals surface area contributed by atoms with Crippen LogP contribution in [0.3, 0.4) is 0 Å². The molecule has 1 N–H and O–H groups in total. The van der Waals surface area contributed by atoms with Gasteiger partial charge in [-0.05, 0) is 59.9 Å². The summed E-state index contributed by atoms with van der Waals surface area (Å²) in [5.41, 5.74) is 4.94. The third kappa shape index (κ3) is 3.41. The Kier molecular flexibility index (Phi) is 5.63. The maximum Gasteiger partial charge on any atom is 0.0757 e. The number of benzene rings is 1. The number of rotatable bonds is 5. The van der Waals surface area contributed by atoms with E-state index in [0.29, 0.717) is 0 Å². The standard InChI is InChI=1S/C16H21Br2N3/c1-5-6-21-16(13(17)9-20-21)15(19-4)12-7-10(2)14(18)11(3)8-12/h7-9,15,19H,5-6H2,1-4H3. The van der Waals surface area contributed by atoms with E-state index in [2.05, 4.69) is 79.9 Å². The molecule has 1 aromatic carbocycles. The van der Waals surface area contributed by atoms with Crippen LogP contribution in [-0.4, -0.2) is 16.8 Å². The summed E-state index contributed by atoms with van der Waals surface area (Å²) in [6.07, 6.45) is 2.95. The molecule has 5 heteroatoms. The predicted molar refractivity (Wildman–Crippen MR) is 94.7 cm³/mol. The first-order chi connectivity index (χ1) is 9.99. The first-order valence-electron chi connectivity index (χ1n) is 7.14. The van der Waals surface area contributed by atoms with Gasteiger partial charge in [0.2, 0.25) is 0 Å². The van der Waals surface area contributed by atoms with E-state index < -0.39 is 0 Å². The zero-order valence-corrected chi connectivity index (χ0v) is 16.0. The summed E-state index contributed by atoms with van der Waals surface area (Å²) in [4.78, 5) is 0. The maximum atomic E-state index is 4.48. The van der Waals surface area contributed by atoms with E-state index in [0.717, 1.165) is 17.4 Å². The molecule has 1 aromatic heterocycles. The molecule has 0 aliphatic heterocycles. The van der Waals surface area contributed by atoms with Crippen LogP contribution in [0.5, 0.6) is 0 Å². The minimum atomic E-state index is 0.124. The summed E-state index contributed by atoms with van der Waals surface area (Å²) in [5, 5.41) is 7.91. The van der Waals surface area contributed by atoms with Crippen molar-refractivity contribution < 1.29 is 0 Å². The van der Waals surface area contributed by atoms with Crippen molar-refractivity contribution in [2.45, 2.75) is 39.8 Å². The Balaban J connectivity index is 2.52. The zero-order chi connectivity index (χ0) is 15.6. The van der Waals surface area contributed by atoms with Gasteiger partial charge in [0.25, 0.3) is 0 Å². The van der Waals surface area contributed by atoms with Gasteiger partial charge in [-0.2, -0.15) is 5.10 Å². The number of nitrogens with one attached hydrogen (secondary N) is 1. The summed E-state index contributed by atoms with van der Waals surface area (Å²) < 4.78 is 4.31. The predicted octanol–water partition coefficient (Wildman–Crippen LogP) is 4.74. The SMILES string of the molecule is CCCn1ncc(Br)c1C(NC)c1cc(C)c(Br)c(C)c1. The van der Waals surface area contributed by atoms with E-state index in [1.54, 1.807) is 0 Å². The molecule has 0 radical (unpaired) electrons. The summed E-state index contributed by atoms with van der Waals surface area (Å²) in [6, 6.07) is 4.58. The highest BCUT2D eigenvalue weighted by Gasteiger charge is 2.21. The second kappa shape index (κ2) is 7.07. The van der Waals surface area contributed by atoms with Crippen molar-refractivity contribution in [1.29, 1.82) is 0 Å². The van der Waals surface area contributed by atoms with Crippen molar-refractivity contribution in [1.82, 2.24) is 15.1 Å². The molecule has 2 rings (SSSR count). The van der Waals surface area contributed by atoms with Gasteiger partial charge in [0.1, 0.15) is 0 Å². The van der Waals surface area contributed by atoms with Crippen LogP contribution < -0.4 is 5.32 Å². The molecule has 1 atom stereocenters. The monoisotopic (exact) mass is 413 g/mol. The number of hydrogen-bond donors (Lipinski definition) is 1. The smallest absolute Gasteiger partial charge is 0.0757 e. The molecule has 21 heavy (non-hydrogen) atoms. The lowest BCUT2D eigenvalue weighted by Gasteiger charge is -2.21. The maximum absolute atomic E-state index is 4.48. The fraction of sp³-hybridized carbons (Fsp3) is 0.438. The average Bonchev–Trinajstić information content (AvgIpc) is 2.79. The van der Waals surface area contributed by atoms with Gasteiger partial charge in [0.05, 0.1) is 22.4 Å². The molecule has 0 aliphatic rings. The van der Waals surface area contributed by atoms with E-state index in [1.165, 1.54) is 26.9 Å². The fourth-order valence-electron chi connectivity index (χ4n) is 2.66. The Morgan fingerprint density at radius 3 is 2.38 bits per heavy atom. The number of aryl methyl sites for hydroxylation is 3. The Bertz CT molecular complexity index is 611. The summed E-state index contributed by atoms with van der Waals surface area (Å²) in [7, 11) is 1.99.